The highest BCUT2D eigenvalue weighted by Crippen LogP contribution is 2.31. The normalized spacial score (nSPS) is 10.6. The van der Waals surface area contributed by atoms with Crippen LogP contribution in [0.15, 0.2) is 42.5 Å². The molecule has 0 bridgehead atoms. The molecule has 5 nitrogen and oxygen atoms in total. The van der Waals surface area contributed by atoms with Crippen LogP contribution in [0.3, 0.4) is 0 Å². The van der Waals surface area contributed by atoms with Crippen LogP contribution < -0.4 is 16.0 Å². The van der Waals surface area contributed by atoms with Crippen LogP contribution in [-0.4, -0.2) is 9.97 Å². The number of nitrogen functional groups attached to an aromatic ring is 1. The number of aromatic nitrogens is 2. The largest absolute Gasteiger partial charge is 0.438 e. The Bertz CT molecular complexity index is 790. The number of hydrazine groups is 1. The highest BCUT2D eigenvalue weighted by molar-refractivity contribution is 6.34. The van der Waals surface area contributed by atoms with E-state index in [2.05, 4.69) is 15.4 Å². The average Bonchev–Trinajstić information content (AvgIpc) is 2.46. The number of fused-ring (bicyclic) bond motifs is 1. The summed E-state index contributed by atoms with van der Waals surface area (Å²) < 4.78 is 5.78. The third-order valence-electron chi connectivity index (χ3n) is 2.75. The zero-order valence-electron chi connectivity index (χ0n) is 10.7. The zero-order chi connectivity index (χ0) is 14.8. The minimum Gasteiger partial charge on any atom is -0.438 e. The van der Waals surface area contributed by atoms with Crippen LogP contribution in [0.1, 0.15) is 0 Å². The van der Waals surface area contributed by atoms with E-state index in [4.69, 9.17) is 33.8 Å². The second-order valence-corrected chi connectivity index (χ2v) is 5.09. The molecule has 0 fully saturated rings. The van der Waals surface area contributed by atoms with Gasteiger partial charge in [0, 0.05) is 10.0 Å². The molecule has 3 aromatic rings. The molecule has 7 heteroatoms. The highest BCUT2D eigenvalue weighted by atomic mass is 35.5. The fourth-order valence-electron chi connectivity index (χ4n) is 1.89. The van der Waals surface area contributed by atoms with E-state index in [1.54, 1.807) is 18.2 Å². The van der Waals surface area contributed by atoms with Crippen LogP contribution >= 0.6 is 23.2 Å². The molecule has 0 aliphatic rings. The maximum Gasteiger partial charge on any atom is 0.241 e. The fraction of sp³-hybridized carbons (Fsp3) is 0. The summed E-state index contributed by atoms with van der Waals surface area (Å²) in [6, 6.07) is 12.4. The van der Waals surface area contributed by atoms with Gasteiger partial charge in [-0.25, -0.2) is 10.8 Å². The van der Waals surface area contributed by atoms with E-state index in [1.165, 1.54) is 0 Å². The van der Waals surface area contributed by atoms with Gasteiger partial charge in [0.1, 0.15) is 5.75 Å². The molecule has 1 heterocycles. The van der Waals surface area contributed by atoms with Gasteiger partial charge in [-0.05, 0) is 30.3 Å². The molecule has 1 aromatic heterocycles. The van der Waals surface area contributed by atoms with Crippen LogP contribution in [0, 0.1) is 0 Å². The fourth-order valence-corrected chi connectivity index (χ4v) is 2.39. The van der Waals surface area contributed by atoms with E-state index < -0.39 is 0 Å². The number of anilines is 1. The molecule has 0 aliphatic heterocycles. The number of benzene rings is 2. The van der Waals surface area contributed by atoms with Gasteiger partial charge >= 0.3 is 0 Å². The summed E-state index contributed by atoms with van der Waals surface area (Å²) in [5.41, 5.74) is 3.13. The Hall–Kier alpha value is -2.08. The molecule has 0 unspecified atom stereocenters. The van der Waals surface area contributed by atoms with Gasteiger partial charge in [0.25, 0.3) is 0 Å². The van der Waals surface area contributed by atoms with Crippen molar-refractivity contribution in [3.63, 3.8) is 0 Å². The third kappa shape index (κ3) is 3.00. The molecule has 0 spiro atoms. The first kappa shape index (κ1) is 13.9. The Balaban J connectivity index is 2.10. The number of rotatable bonds is 3. The number of nitrogens with two attached hydrogens (primary N) is 1. The van der Waals surface area contributed by atoms with E-state index in [9.17, 15) is 0 Å². The summed E-state index contributed by atoms with van der Waals surface area (Å²) in [5, 5.41) is 1.72. The first-order chi connectivity index (χ1) is 10.2. The number of nitrogens with one attached hydrogen (secondary N) is 1. The monoisotopic (exact) mass is 320 g/mol. The SMILES string of the molecule is NNc1nc(Oc2cc(Cl)cc(Cl)c2)c2ccccc2n1. The molecule has 0 radical (unpaired) electrons. The van der Waals surface area contributed by atoms with Gasteiger partial charge in [-0.3, -0.25) is 5.43 Å². The van der Waals surface area contributed by atoms with Gasteiger partial charge in [0.15, 0.2) is 0 Å². The molecule has 0 saturated heterocycles. The van der Waals surface area contributed by atoms with Crippen molar-refractivity contribution in [3.05, 3.63) is 52.5 Å². The van der Waals surface area contributed by atoms with Crippen molar-refractivity contribution < 1.29 is 4.74 Å². The predicted octanol–water partition coefficient (Wildman–Crippen LogP) is 4.01. The molecule has 0 aliphatic carbocycles. The lowest BCUT2D eigenvalue weighted by molar-refractivity contribution is 0.469. The van der Waals surface area contributed by atoms with Gasteiger partial charge in [-0.1, -0.05) is 35.3 Å². The van der Waals surface area contributed by atoms with Crippen molar-refractivity contribution in [1.82, 2.24) is 9.97 Å². The van der Waals surface area contributed by atoms with Gasteiger partial charge in [-0.2, -0.15) is 4.98 Å². The zero-order valence-corrected chi connectivity index (χ0v) is 12.2. The number of ether oxygens (including phenoxy) is 1. The summed E-state index contributed by atoms with van der Waals surface area (Å²) in [7, 11) is 0. The molecule has 0 atom stereocenters. The van der Waals surface area contributed by atoms with Crippen LogP contribution in [0.4, 0.5) is 5.95 Å². The molecular weight excluding hydrogens is 311 g/mol. The van der Waals surface area contributed by atoms with Gasteiger partial charge in [0.2, 0.25) is 11.8 Å². The van der Waals surface area contributed by atoms with Gasteiger partial charge in [-0.15, -0.1) is 0 Å². The molecular formula is C14H10Cl2N4O. The summed E-state index contributed by atoms with van der Waals surface area (Å²) in [4.78, 5) is 8.47. The van der Waals surface area contributed by atoms with Crippen molar-refractivity contribution in [2.24, 2.45) is 5.84 Å². The second-order valence-electron chi connectivity index (χ2n) is 4.22. The third-order valence-corrected chi connectivity index (χ3v) is 3.18. The average molecular weight is 321 g/mol. The number of nitrogens with zero attached hydrogens (tertiary/aromatic N) is 2. The van der Waals surface area contributed by atoms with Gasteiger partial charge < -0.3 is 4.74 Å². The van der Waals surface area contributed by atoms with Crippen LogP contribution in [0.25, 0.3) is 10.9 Å². The maximum atomic E-state index is 5.96. The number of hydrogen-bond donors (Lipinski definition) is 2. The van der Waals surface area contributed by atoms with E-state index in [0.717, 1.165) is 5.39 Å². The molecule has 3 N–H and O–H groups in total. The maximum absolute atomic E-state index is 5.96. The van der Waals surface area contributed by atoms with Crippen molar-refractivity contribution >= 4 is 40.1 Å². The molecule has 0 amide bonds. The Kier molecular flexibility index (Phi) is 3.79. The Morgan fingerprint density at radius 2 is 1.71 bits per heavy atom. The van der Waals surface area contributed by atoms with Crippen LogP contribution in [0.2, 0.25) is 10.0 Å². The molecule has 106 valence electrons. The van der Waals surface area contributed by atoms with Crippen molar-refractivity contribution in [1.29, 1.82) is 0 Å². The molecule has 2 aromatic carbocycles. The van der Waals surface area contributed by atoms with E-state index in [1.807, 2.05) is 24.3 Å². The quantitative estimate of drug-likeness (QED) is 0.563. The van der Waals surface area contributed by atoms with E-state index in [0.29, 0.717) is 27.2 Å². The van der Waals surface area contributed by atoms with Crippen molar-refractivity contribution in [3.8, 4) is 11.6 Å². The lowest BCUT2D eigenvalue weighted by Gasteiger charge is -2.10. The number of halogens is 2. The Labute approximate surface area is 130 Å². The smallest absolute Gasteiger partial charge is 0.241 e. The predicted molar refractivity (Wildman–Crippen MR) is 83.9 cm³/mol. The second kappa shape index (κ2) is 5.73. The number of para-hydroxylation sites is 1. The first-order valence-electron chi connectivity index (χ1n) is 6.03. The van der Waals surface area contributed by atoms with Crippen LogP contribution in [-0.2, 0) is 0 Å². The summed E-state index contributed by atoms with van der Waals surface area (Å²) >= 11 is 11.9. The standard InChI is InChI=1S/C14H10Cl2N4O/c15-8-5-9(16)7-10(6-8)21-13-11-3-1-2-4-12(11)18-14(19-13)20-17/h1-7H,17H2,(H,18,19,20). The molecule has 0 saturated carbocycles. The van der Waals surface area contributed by atoms with E-state index in [-0.39, 0.29) is 5.95 Å². The minimum absolute atomic E-state index is 0.261. The van der Waals surface area contributed by atoms with Crippen molar-refractivity contribution in [2.75, 3.05) is 5.43 Å². The number of hydrogen-bond acceptors (Lipinski definition) is 5. The summed E-state index contributed by atoms with van der Waals surface area (Å²) in [6.45, 7) is 0. The van der Waals surface area contributed by atoms with Gasteiger partial charge in [0.05, 0.1) is 10.9 Å². The topological polar surface area (TPSA) is 73.1 Å². The molecule has 3 rings (SSSR count). The lowest BCUT2D eigenvalue weighted by atomic mass is 10.2. The Morgan fingerprint density at radius 3 is 2.43 bits per heavy atom. The lowest BCUT2D eigenvalue weighted by Crippen LogP contribution is -2.11. The van der Waals surface area contributed by atoms with Crippen molar-refractivity contribution in [2.45, 2.75) is 0 Å². The summed E-state index contributed by atoms with van der Waals surface area (Å²) in [6.07, 6.45) is 0. The highest BCUT2D eigenvalue weighted by Gasteiger charge is 2.10. The van der Waals surface area contributed by atoms with Crippen LogP contribution in [0.5, 0.6) is 11.6 Å². The Morgan fingerprint density at radius 1 is 1.00 bits per heavy atom. The van der Waals surface area contributed by atoms with E-state index >= 15 is 0 Å². The summed E-state index contributed by atoms with van der Waals surface area (Å²) in [5.74, 6) is 6.49. The first-order valence-corrected chi connectivity index (χ1v) is 6.78. The minimum atomic E-state index is 0.261. The molecule has 21 heavy (non-hydrogen) atoms.